The van der Waals surface area contributed by atoms with Gasteiger partial charge >= 0.3 is 0 Å². The number of pyridine rings is 1. The molecule has 4 aromatic rings. The number of halogens is 1. The molecule has 0 atom stereocenters. The molecular weight excluding hydrogens is 436 g/mol. The van der Waals surface area contributed by atoms with E-state index < -0.39 is 0 Å². The van der Waals surface area contributed by atoms with Crippen LogP contribution in [0.15, 0.2) is 81.9 Å². The smallest absolute Gasteiger partial charge is 0.250 e. The summed E-state index contributed by atoms with van der Waals surface area (Å²) < 4.78 is 7.13. The van der Waals surface area contributed by atoms with Gasteiger partial charge in [0.1, 0.15) is 11.5 Å². The average Bonchev–Trinajstić information content (AvgIpc) is 3.48. The monoisotopic (exact) mass is 452 g/mol. The van der Waals surface area contributed by atoms with Crippen LogP contribution in [0.4, 0.5) is 0 Å². The van der Waals surface area contributed by atoms with E-state index in [0.717, 1.165) is 11.3 Å². The van der Waals surface area contributed by atoms with Crippen LogP contribution in [0.25, 0.3) is 17.1 Å². The van der Waals surface area contributed by atoms with E-state index in [1.807, 2.05) is 28.8 Å². The minimum atomic E-state index is -0.271. The number of rotatable bonds is 7. The van der Waals surface area contributed by atoms with Crippen LogP contribution < -0.4 is 5.43 Å². The summed E-state index contributed by atoms with van der Waals surface area (Å²) in [5.41, 5.74) is 4.79. The van der Waals surface area contributed by atoms with Gasteiger partial charge in [-0.2, -0.15) is 5.10 Å². The zero-order chi connectivity index (χ0) is 21.6. The Hall–Kier alpha value is -3.43. The fourth-order valence-electron chi connectivity index (χ4n) is 2.72. The van der Waals surface area contributed by atoms with Gasteiger partial charge in [-0.15, -0.1) is 10.2 Å². The minimum Gasteiger partial charge on any atom is -0.463 e. The molecule has 0 spiro atoms. The molecule has 0 bridgehead atoms. The summed E-state index contributed by atoms with van der Waals surface area (Å²) in [5.74, 6) is 1.07. The Labute approximate surface area is 187 Å². The van der Waals surface area contributed by atoms with Gasteiger partial charge in [0, 0.05) is 28.7 Å². The lowest BCUT2D eigenvalue weighted by molar-refractivity contribution is -0.118. The molecule has 156 valence electrons. The number of furan rings is 1. The van der Waals surface area contributed by atoms with Crippen molar-refractivity contribution in [3.05, 3.63) is 78.0 Å². The van der Waals surface area contributed by atoms with E-state index in [1.165, 1.54) is 11.8 Å². The second-order valence-electron chi connectivity index (χ2n) is 6.35. The Balaban J connectivity index is 1.54. The van der Waals surface area contributed by atoms with E-state index in [0.29, 0.717) is 27.5 Å². The zero-order valence-corrected chi connectivity index (χ0v) is 18.0. The van der Waals surface area contributed by atoms with Gasteiger partial charge in [-0.3, -0.25) is 14.3 Å². The number of amides is 1. The molecule has 3 aromatic heterocycles. The number of carbonyl (C=O) groups is 1. The van der Waals surface area contributed by atoms with Crippen LogP contribution in [0.1, 0.15) is 12.7 Å². The van der Waals surface area contributed by atoms with E-state index in [4.69, 9.17) is 16.0 Å². The fraction of sp³-hybridized carbons (Fsp3) is 0.0952. The molecule has 1 N–H and O–H groups in total. The highest BCUT2D eigenvalue weighted by Gasteiger charge is 2.17. The molecular formula is C21H17ClN6O2S. The standard InChI is InChI=1S/C21H17ClN6O2S/c1-14(18-3-2-12-30-18)24-25-19(29)13-31-21-27-26-20(15-8-10-23-11-9-15)28(21)17-6-4-16(22)5-7-17/h2-12H,13H2,1H3,(H,25,29)/b24-14+. The van der Waals surface area contributed by atoms with Crippen molar-refractivity contribution >= 4 is 35.0 Å². The number of carbonyl (C=O) groups excluding carboxylic acids is 1. The largest absolute Gasteiger partial charge is 0.463 e. The third-order valence-corrected chi connectivity index (χ3v) is 5.40. The molecule has 0 saturated heterocycles. The lowest BCUT2D eigenvalue weighted by atomic mass is 10.2. The van der Waals surface area contributed by atoms with Crippen LogP contribution in [0, 0.1) is 0 Å². The van der Waals surface area contributed by atoms with Crippen molar-refractivity contribution in [1.29, 1.82) is 0 Å². The third kappa shape index (κ3) is 5.01. The predicted octanol–water partition coefficient (Wildman–Crippen LogP) is 4.21. The first kappa shape index (κ1) is 20.8. The number of benzene rings is 1. The van der Waals surface area contributed by atoms with Crippen molar-refractivity contribution in [1.82, 2.24) is 25.2 Å². The van der Waals surface area contributed by atoms with Crippen molar-refractivity contribution in [2.24, 2.45) is 5.10 Å². The molecule has 10 heteroatoms. The van der Waals surface area contributed by atoms with Gasteiger partial charge < -0.3 is 4.42 Å². The SMILES string of the molecule is C/C(=N\NC(=O)CSc1nnc(-c2ccncc2)n1-c1ccc(Cl)cc1)c1ccco1. The topological polar surface area (TPSA) is 98.2 Å². The van der Waals surface area contributed by atoms with Crippen molar-refractivity contribution in [2.75, 3.05) is 5.75 Å². The van der Waals surface area contributed by atoms with Crippen LogP contribution in [0.2, 0.25) is 5.02 Å². The van der Waals surface area contributed by atoms with Crippen LogP contribution >= 0.6 is 23.4 Å². The fourth-order valence-corrected chi connectivity index (χ4v) is 3.59. The molecule has 1 amide bonds. The van der Waals surface area contributed by atoms with Gasteiger partial charge in [0.2, 0.25) is 0 Å². The minimum absolute atomic E-state index is 0.108. The molecule has 0 aliphatic heterocycles. The maximum atomic E-state index is 12.3. The molecule has 8 nitrogen and oxygen atoms in total. The molecule has 31 heavy (non-hydrogen) atoms. The first-order valence-electron chi connectivity index (χ1n) is 9.23. The van der Waals surface area contributed by atoms with Crippen LogP contribution in [0.3, 0.4) is 0 Å². The average molecular weight is 453 g/mol. The first-order chi connectivity index (χ1) is 15.1. The summed E-state index contributed by atoms with van der Waals surface area (Å²) >= 11 is 7.30. The van der Waals surface area contributed by atoms with Gasteiger partial charge in [-0.05, 0) is 55.5 Å². The van der Waals surface area contributed by atoms with Gasteiger partial charge in [0.15, 0.2) is 11.0 Å². The second-order valence-corrected chi connectivity index (χ2v) is 7.73. The second kappa shape index (κ2) is 9.59. The van der Waals surface area contributed by atoms with E-state index >= 15 is 0 Å². The number of aromatic nitrogens is 4. The highest BCUT2D eigenvalue weighted by Crippen LogP contribution is 2.28. The highest BCUT2D eigenvalue weighted by molar-refractivity contribution is 7.99. The lowest BCUT2D eigenvalue weighted by Gasteiger charge is -2.10. The molecule has 1 aromatic carbocycles. The number of hydrogen-bond donors (Lipinski definition) is 1. The maximum absolute atomic E-state index is 12.3. The van der Waals surface area contributed by atoms with E-state index in [-0.39, 0.29) is 11.7 Å². The summed E-state index contributed by atoms with van der Waals surface area (Å²) in [5, 5.41) is 13.9. The molecule has 0 radical (unpaired) electrons. The Bertz CT molecular complexity index is 1190. The van der Waals surface area contributed by atoms with E-state index in [9.17, 15) is 4.79 Å². The Morgan fingerprint density at radius 3 is 2.65 bits per heavy atom. The van der Waals surface area contributed by atoms with Crippen LogP contribution in [-0.2, 0) is 4.79 Å². The van der Waals surface area contributed by atoms with Gasteiger partial charge in [0.05, 0.1) is 12.0 Å². The number of hydrazone groups is 1. The molecule has 0 fully saturated rings. The number of hydrogen-bond acceptors (Lipinski definition) is 7. The molecule has 4 rings (SSSR count). The number of nitrogens with one attached hydrogen (secondary N) is 1. The normalized spacial score (nSPS) is 11.5. The number of thioether (sulfide) groups is 1. The summed E-state index contributed by atoms with van der Waals surface area (Å²) in [7, 11) is 0. The summed E-state index contributed by atoms with van der Waals surface area (Å²) in [6.45, 7) is 1.75. The Morgan fingerprint density at radius 1 is 1.16 bits per heavy atom. The van der Waals surface area contributed by atoms with E-state index in [2.05, 4.69) is 25.7 Å². The number of nitrogens with zero attached hydrogens (tertiary/aromatic N) is 5. The van der Waals surface area contributed by atoms with Crippen molar-refractivity contribution < 1.29 is 9.21 Å². The highest BCUT2D eigenvalue weighted by atomic mass is 35.5. The molecule has 0 saturated carbocycles. The van der Waals surface area contributed by atoms with Crippen LogP contribution in [-0.4, -0.2) is 37.1 Å². The predicted molar refractivity (Wildman–Crippen MR) is 119 cm³/mol. The summed E-state index contributed by atoms with van der Waals surface area (Å²) in [6, 6.07) is 14.6. The Kier molecular flexibility index (Phi) is 6.44. The molecule has 0 unspecified atom stereocenters. The first-order valence-corrected chi connectivity index (χ1v) is 10.6. The quantitative estimate of drug-likeness (QED) is 0.256. The van der Waals surface area contributed by atoms with Crippen molar-refractivity contribution in [3.8, 4) is 17.1 Å². The maximum Gasteiger partial charge on any atom is 0.250 e. The summed E-state index contributed by atoms with van der Waals surface area (Å²) in [4.78, 5) is 16.4. The zero-order valence-electron chi connectivity index (χ0n) is 16.4. The van der Waals surface area contributed by atoms with Gasteiger partial charge in [-0.1, -0.05) is 23.4 Å². The van der Waals surface area contributed by atoms with E-state index in [1.54, 1.807) is 49.8 Å². The Morgan fingerprint density at radius 2 is 1.94 bits per heavy atom. The van der Waals surface area contributed by atoms with Crippen molar-refractivity contribution in [2.45, 2.75) is 12.1 Å². The molecule has 0 aliphatic carbocycles. The summed E-state index contributed by atoms with van der Waals surface area (Å²) in [6.07, 6.45) is 4.93. The van der Waals surface area contributed by atoms with Crippen LogP contribution in [0.5, 0.6) is 0 Å². The lowest BCUT2D eigenvalue weighted by Crippen LogP contribution is -2.21. The van der Waals surface area contributed by atoms with Gasteiger partial charge in [0.25, 0.3) is 5.91 Å². The third-order valence-electron chi connectivity index (χ3n) is 4.22. The van der Waals surface area contributed by atoms with Crippen molar-refractivity contribution in [3.63, 3.8) is 0 Å². The molecule has 0 aliphatic rings. The van der Waals surface area contributed by atoms with Gasteiger partial charge in [-0.25, -0.2) is 5.43 Å². The molecule has 3 heterocycles.